The molecule has 1 atom stereocenters. The minimum atomic E-state index is -3.10. The van der Waals surface area contributed by atoms with Crippen LogP contribution in [-0.4, -0.2) is 36.7 Å². The lowest BCUT2D eigenvalue weighted by atomic mass is 10.2. The first-order chi connectivity index (χ1) is 9.22. The molecule has 1 unspecified atom stereocenters. The van der Waals surface area contributed by atoms with Crippen molar-refractivity contribution < 1.29 is 30.7 Å². The topological polar surface area (TPSA) is 61.8 Å². The molecular formula is C11H18O5. The molecule has 0 aromatic heterocycles. The Morgan fingerprint density at radius 3 is 2.81 bits per heavy atom. The van der Waals surface area contributed by atoms with Gasteiger partial charge in [-0.3, -0.25) is 4.79 Å². The molecule has 0 bridgehead atoms. The molecule has 0 aliphatic carbocycles. The Morgan fingerprint density at radius 2 is 2.31 bits per heavy atom. The maximum Gasteiger partial charge on any atom is 0.306 e. The SMILES string of the molecule is [2H]C([2H])(OC(=O)CCC(C)=O)C1([2H])OC(C)(C)OC1([2H])[2H]. The van der Waals surface area contributed by atoms with Crippen molar-refractivity contribution in [2.24, 2.45) is 0 Å². The van der Waals surface area contributed by atoms with E-state index in [4.69, 9.17) is 16.3 Å². The van der Waals surface area contributed by atoms with Crippen LogP contribution < -0.4 is 0 Å². The number of Topliss-reactive ketones (excluding diaryl/α,β-unsaturated/α-hetero) is 1. The van der Waals surface area contributed by atoms with Crippen LogP contribution in [0.15, 0.2) is 0 Å². The molecule has 1 heterocycles. The highest BCUT2D eigenvalue weighted by Crippen LogP contribution is 2.22. The molecular weight excluding hydrogens is 212 g/mol. The molecule has 1 aliphatic rings. The standard InChI is InChI=1S/C11H18O5/c1-8(12)4-5-10(13)14-6-9-7-15-11(2,3)16-9/h9H,4-7H2,1-3H3/i6D2,7D2,9D. The molecule has 1 aliphatic heterocycles. The van der Waals surface area contributed by atoms with Gasteiger partial charge in [-0.1, -0.05) is 0 Å². The summed E-state index contributed by atoms with van der Waals surface area (Å²) in [6.07, 6.45) is -3.39. The lowest BCUT2D eigenvalue weighted by molar-refractivity contribution is -0.158. The molecule has 0 aromatic rings. The lowest BCUT2D eigenvalue weighted by Gasteiger charge is -2.16. The Kier molecular flexibility index (Phi) is 2.50. The zero-order valence-electron chi connectivity index (χ0n) is 14.5. The molecule has 0 saturated carbocycles. The van der Waals surface area contributed by atoms with E-state index < -0.39 is 31.0 Å². The predicted molar refractivity (Wildman–Crippen MR) is 55.8 cm³/mol. The fraction of sp³-hybridized carbons (Fsp3) is 0.818. The molecule has 1 fully saturated rings. The van der Waals surface area contributed by atoms with Crippen molar-refractivity contribution in [1.82, 2.24) is 0 Å². The van der Waals surface area contributed by atoms with Gasteiger partial charge in [-0.25, -0.2) is 0 Å². The van der Waals surface area contributed by atoms with Gasteiger partial charge in [0.2, 0.25) is 0 Å². The van der Waals surface area contributed by atoms with Crippen molar-refractivity contribution in [3.63, 3.8) is 0 Å². The van der Waals surface area contributed by atoms with E-state index in [1.807, 2.05) is 0 Å². The van der Waals surface area contributed by atoms with Crippen molar-refractivity contribution in [1.29, 1.82) is 0 Å². The second-order valence-electron chi connectivity index (χ2n) is 3.81. The number of carbonyl (C=O) groups is 2. The molecule has 0 spiro atoms. The van der Waals surface area contributed by atoms with Crippen LogP contribution in [0.5, 0.6) is 0 Å². The van der Waals surface area contributed by atoms with E-state index in [1.54, 1.807) is 0 Å². The Bertz CT molecular complexity index is 450. The van der Waals surface area contributed by atoms with E-state index in [1.165, 1.54) is 20.8 Å². The zero-order valence-corrected chi connectivity index (χ0v) is 9.46. The minimum Gasteiger partial charge on any atom is -0.463 e. The first kappa shape index (κ1) is 7.40. The zero-order chi connectivity index (χ0) is 16.7. The number of ether oxygens (including phenoxy) is 3. The van der Waals surface area contributed by atoms with Gasteiger partial charge >= 0.3 is 5.97 Å². The second-order valence-corrected chi connectivity index (χ2v) is 3.81. The van der Waals surface area contributed by atoms with Crippen LogP contribution in [0.3, 0.4) is 0 Å². The highest BCUT2D eigenvalue weighted by Gasteiger charge is 2.33. The molecule has 0 amide bonds. The van der Waals surface area contributed by atoms with E-state index in [2.05, 4.69) is 4.74 Å². The first-order valence-electron chi connectivity index (χ1n) is 7.34. The Morgan fingerprint density at radius 1 is 1.62 bits per heavy atom. The summed E-state index contributed by atoms with van der Waals surface area (Å²) in [5, 5.41) is 0. The van der Waals surface area contributed by atoms with Crippen LogP contribution in [-0.2, 0) is 23.8 Å². The average Bonchev–Trinajstić information content (AvgIpc) is 2.40. The van der Waals surface area contributed by atoms with E-state index in [0.29, 0.717) is 0 Å². The average molecular weight is 235 g/mol. The van der Waals surface area contributed by atoms with Crippen LogP contribution in [0.25, 0.3) is 0 Å². The smallest absolute Gasteiger partial charge is 0.306 e. The van der Waals surface area contributed by atoms with Gasteiger partial charge in [-0.2, -0.15) is 0 Å². The maximum atomic E-state index is 11.5. The largest absolute Gasteiger partial charge is 0.463 e. The van der Waals surface area contributed by atoms with Gasteiger partial charge in [0.15, 0.2) is 5.79 Å². The summed E-state index contributed by atoms with van der Waals surface area (Å²) in [5.74, 6) is -2.89. The van der Waals surface area contributed by atoms with E-state index in [-0.39, 0.29) is 18.6 Å². The van der Waals surface area contributed by atoms with Crippen LogP contribution in [0.2, 0.25) is 0 Å². The van der Waals surface area contributed by atoms with Crippen molar-refractivity contribution >= 4 is 11.8 Å². The monoisotopic (exact) mass is 235 g/mol. The maximum absolute atomic E-state index is 11.5. The van der Waals surface area contributed by atoms with Gasteiger partial charge in [-0.05, 0) is 20.8 Å². The number of hydrogen-bond donors (Lipinski definition) is 0. The third-order valence-electron chi connectivity index (χ3n) is 1.68. The van der Waals surface area contributed by atoms with Crippen LogP contribution in [0, 0.1) is 0 Å². The molecule has 0 radical (unpaired) electrons. The fourth-order valence-electron chi connectivity index (χ4n) is 0.931. The Labute approximate surface area is 102 Å². The summed E-state index contributed by atoms with van der Waals surface area (Å²) < 4.78 is 52.8. The highest BCUT2D eigenvalue weighted by atomic mass is 16.7. The quantitative estimate of drug-likeness (QED) is 0.666. The number of hydrogen-bond acceptors (Lipinski definition) is 5. The van der Waals surface area contributed by atoms with Gasteiger partial charge in [0.25, 0.3) is 0 Å². The summed E-state index contributed by atoms with van der Waals surface area (Å²) in [6, 6.07) is 0. The molecule has 0 aromatic carbocycles. The van der Waals surface area contributed by atoms with Crippen molar-refractivity contribution in [2.45, 2.75) is 45.5 Å². The molecule has 1 rings (SSSR count). The summed E-state index contributed by atoms with van der Waals surface area (Å²) in [5.41, 5.74) is 0. The Balaban J connectivity index is 2.90. The van der Waals surface area contributed by atoms with Crippen molar-refractivity contribution in [3.05, 3.63) is 0 Å². The third kappa shape index (κ3) is 4.72. The van der Waals surface area contributed by atoms with Crippen LogP contribution >= 0.6 is 0 Å². The van der Waals surface area contributed by atoms with E-state index in [0.717, 1.165) is 0 Å². The van der Waals surface area contributed by atoms with Crippen molar-refractivity contribution in [3.8, 4) is 0 Å². The summed E-state index contributed by atoms with van der Waals surface area (Å²) in [6.45, 7) is -2.04. The number of ketones is 1. The van der Waals surface area contributed by atoms with Gasteiger partial charge in [-0.15, -0.1) is 0 Å². The molecule has 5 nitrogen and oxygen atoms in total. The van der Waals surface area contributed by atoms with Crippen LogP contribution in [0.1, 0.15) is 40.5 Å². The minimum absolute atomic E-state index is 0.129. The van der Waals surface area contributed by atoms with Gasteiger partial charge < -0.3 is 19.0 Å². The third-order valence-corrected chi connectivity index (χ3v) is 1.68. The molecule has 1 saturated heterocycles. The van der Waals surface area contributed by atoms with Crippen molar-refractivity contribution in [2.75, 3.05) is 13.1 Å². The van der Waals surface area contributed by atoms with E-state index in [9.17, 15) is 9.59 Å². The first-order valence-corrected chi connectivity index (χ1v) is 4.84. The van der Waals surface area contributed by atoms with Gasteiger partial charge in [0.05, 0.1) is 19.8 Å². The summed E-state index contributed by atoms with van der Waals surface area (Å²) in [7, 11) is 0. The fourth-order valence-corrected chi connectivity index (χ4v) is 0.931. The summed E-state index contributed by atoms with van der Waals surface area (Å²) in [4.78, 5) is 22.3. The molecule has 92 valence electrons. The highest BCUT2D eigenvalue weighted by molar-refractivity contribution is 5.80. The van der Waals surface area contributed by atoms with Gasteiger partial charge in [0.1, 0.15) is 18.4 Å². The lowest BCUT2D eigenvalue weighted by Crippen LogP contribution is -2.25. The summed E-state index contributed by atoms with van der Waals surface area (Å²) >= 11 is 0. The normalized spacial score (nSPS) is 36.3. The molecule has 5 heteroatoms. The molecule has 16 heavy (non-hydrogen) atoms. The van der Waals surface area contributed by atoms with E-state index >= 15 is 0 Å². The second kappa shape index (κ2) is 5.41. The number of esters is 1. The van der Waals surface area contributed by atoms with Crippen LogP contribution in [0.4, 0.5) is 0 Å². The number of carbonyl (C=O) groups excluding carboxylic acids is 2. The van der Waals surface area contributed by atoms with Gasteiger partial charge in [0, 0.05) is 6.42 Å². The predicted octanol–water partition coefficient (Wildman–Crippen LogP) is 1.05. The Hall–Kier alpha value is -0.940. The number of rotatable bonds is 5. The molecule has 0 N–H and O–H groups in total.